The van der Waals surface area contributed by atoms with E-state index in [-0.39, 0.29) is 53.0 Å². The summed E-state index contributed by atoms with van der Waals surface area (Å²) in [7, 11) is 0. The van der Waals surface area contributed by atoms with Gasteiger partial charge in [0.1, 0.15) is 35.6 Å². The highest BCUT2D eigenvalue weighted by Crippen LogP contribution is 2.44. The molecule has 1 heterocycles. The van der Waals surface area contributed by atoms with Gasteiger partial charge in [-0.1, -0.05) is 12.1 Å². The Morgan fingerprint density at radius 2 is 2.09 bits per heavy atom. The van der Waals surface area contributed by atoms with E-state index in [0.717, 1.165) is 0 Å². The van der Waals surface area contributed by atoms with Gasteiger partial charge >= 0.3 is 5.97 Å². The molecule has 1 aliphatic heterocycles. The first-order chi connectivity index (χ1) is 15.8. The van der Waals surface area contributed by atoms with Crippen LogP contribution in [0.5, 0.6) is 5.75 Å². The van der Waals surface area contributed by atoms with E-state index in [0.29, 0.717) is 5.56 Å². The minimum Gasteiger partial charge on any atom is -0.489 e. The predicted octanol–water partition coefficient (Wildman–Crippen LogP) is 3.96. The monoisotopic (exact) mass is 453 g/mol. The maximum Gasteiger partial charge on any atom is 0.338 e. The van der Waals surface area contributed by atoms with Crippen LogP contribution in [0.1, 0.15) is 30.9 Å². The molecule has 0 bridgehead atoms. The first-order valence-electron chi connectivity index (χ1n) is 9.87. The van der Waals surface area contributed by atoms with Gasteiger partial charge in [0.05, 0.1) is 23.0 Å². The number of hydrogen-bond donors (Lipinski definition) is 1. The lowest BCUT2D eigenvalue weighted by Crippen LogP contribution is -2.26. The number of ether oxygens (including phenoxy) is 3. The molecule has 3 rings (SSSR count). The molecule has 0 aromatic heterocycles. The minimum atomic E-state index is -1.13. The molecule has 1 atom stereocenters. The minimum absolute atomic E-state index is 0.0290. The molecule has 2 aromatic carbocycles. The van der Waals surface area contributed by atoms with Crippen molar-refractivity contribution in [2.24, 2.45) is 5.73 Å². The molecule has 2 aromatic rings. The molecule has 0 saturated carbocycles. The lowest BCUT2D eigenvalue weighted by molar-refractivity contribution is -0.384. The van der Waals surface area contributed by atoms with Gasteiger partial charge in [-0.05, 0) is 37.6 Å². The third-order valence-electron chi connectivity index (χ3n) is 4.90. The van der Waals surface area contributed by atoms with Crippen molar-refractivity contribution in [3.8, 4) is 11.8 Å². The first-order valence-corrected chi connectivity index (χ1v) is 9.87. The number of nitriles is 1. The molecule has 2 N–H and O–H groups in total. The Morgan fingerprint density at radius 1 is 1.33 bits per heavy atom. The average Bonchev–Trinajstić information content (AvgIpc) is 2.77. The average molecular weight is 453 g/mol. The number of nitrogens with zero attached hydrogens (tertiary/aromatic N) is 2. The number of rotatable bonds is 7. The summed E-state index contributed by atoms with van der Waals surface area (Å²) in [6, 6.07) is 11.4. The van der Waals surface area contributed by atoms with Gasteiger partial charge < -0.3 is 19.9 Å². The molecule has 0 amide bonds. The lowest BCUT2D eigenvalue weighted by atomic mass is 9.82. The summed E-state index contributed by atoms with van der Waals surface area (Å²) in [5, 5.41) is 21.2. The number of nitro groups is 1. The number of non-ortho nitro benzene ring substituents is 1. The molecule has 1 aliphatic rings. The second-order valence-corrected chi connectivity index (χ2v) is 7.01. The van der Waals surface area contributed by atoms with Gasteiger partial charge in [0, 0.05) is 17.7 Å². The zero-order valence-electron chi connectivity index (χ0n) is 17.8. The van der Waals surface area contributed by atoms with E-state index in [4.69, 9.17) is 19.9 Å². The van der Waals surface area contributed by atoms with E-state index < -0.39 is 22.6 Å². The van der Waals surface area contributed by atoms with Crippen LogP contribution in [-0.4, -0.2) is 17.5 Å². The fourth-order valence-corrected chi connectivity index (χ4v) is 3.46. The molecular weight excluding hydrogens is 433 g/mol. The van der Waals surface area contributed by atoms with Gasteiger partial charge in [-0.15, -0.1) is 0 Å². The maximum absolute atomic E-state index is 13.5. The number of hydrogen-bond acceptors (Lipinski definition) is 8. The zero-order valence-corrected chi connectivity index (χ0v) is 17.8. The van der Waals surface area contributed by atoms with Crippen LogP contribution in [0.2, 0.25) is 0 Å². The number of esters is 1. The van der Waals surface area contributed by atoms with Crippen molar-refractivity contribution in [3.63, 3.8) is 0 Å². The van der Waals surface area contributed by atoms with E-state index in [1.807, 2.05) is 6.07 Å². The number of allylic oxidation sites excluding steroid dienone is 2. The van der Waals surface area contributed by atoms with E-state index in [2.05, 4.69) is 0 Å². The second-order valence-electron chi connectivity index (χ2n) is 7.01. The molecule has 0 aliphatic carbocycles. The molecule has 1 unspecified atom stereocenters. The number of halogens is 1. The number of nitro benzene ring substituents is 1. The molecule has 9 nitrogen and oxygen atoms in total. The van der Waals surface area contributed by atoms with Gasteiger partial charge in [-0.2, -0.15) is 5.26 Å². The standard InChI is InChI=1S/C23H20FN3O6/c1-3-31-23(28)20-13(2)33-22(26)18(11-25)21(20)17-10-16(27(29)30)7-8-19(17)32-12-14-5-4-6-15(24)9-14/h4-10,21H,3,12,26H2,1-2H3. The zero-order chi connectivity index (χ0) is 24.1. The molecule has 0 saturated heterocycles. The van der Waals surface area contributed by atoms with Crippen LogP contribution < -0.4 is 10.5 Å². The highest BCUT2D eigenvalue weighted by molar-refractivity contribution is 5.93. The van der Waals surface area contributed by atoms with Crippen LogP contribution in [0.4, 0.5) is 10.1 Å². The van der Waals surface area contributed by atoms with Crippen LogP contribution in [-0.2, 0) is 20.9 Å². The topological polar surface area (TPSA) is 138 Å². The first kappa shape index (κ1) is 23.3. The van der Waals surface area contributed by atoms with Gasteiger partial charge in [-0.25, -0.2) is 9.18 Å². The van der Waals surface area contributed by atoms with Crippen molar-refractivity contribution in [2.75, 3.05) is 6.61 Å². The smallest absolute Gasteiger partial charge is 0.338 e. The molecule has 0 fully saturated rings. The van der Waals surface area contributed by atoms with Crippen molar-refractivity contribution in [1.82, 2.24) is 0 Å². The number of carbonyl (C=O) groups excluding carboxylic acids is 1. The SMILES string of the molecule is CCOC(=O)C1=C(C)OC(N)=C(C#N)C1c1cc([N+](=O)[O-])ccc1OCc1cccc(F)c1. The Balaban J connectivity index is 2.15. The highest BCUT2D eigenvalue weighted by atomic mass is 19.1. The summed E-state index contributed by atoms with van der Waals surface area (Å²) >= 11 is 0. The van der Waals surface area contributed by atoms with E-state index >= 15 is 0 Å². The molecule has 33 heavy (non-hydrogen) atoms. The quantitative estimate of drug-likeness (QED) is 0.378. The third kappa shape index (κ3) is 4.93. The highest BCUT2D eigenvalue weighted by Gasteiger charge is 2.38. The number of benzene rings is 2. The fraction of sp³-hybridized carbons (Fsp3) is 0.217. The van der Waals surface area contributed by atoms with E-state index in [9.17, 15) is 24.6 Å². The summed E-state index contributed by atoms with van der Waals surface area (Å²) in [4.78, 5) is 23.6. The maximum atomic E-state index is 13.5. The van der Waals surface area contributed by atoms with E-state index in [1.54, 1.807) is 13.0 Å². The van der Waals surface area contributed by atoms with Crippen LogP contribution in [0.25, 0.3) is 0 Å². The van der Waals surface area contributed by atoms with Crippen molar-refractivity contribution in [1.29, 1.82) is 5.26 Å². The van der Waals surface area contributed by atoms with Crippen LogP contribution in [0.3, 0.4) is 0 Å². The van der Waals surface area contributed by atoms with Gasteiger partial charge in [0.25, 0.3) is 5.69 Å². The largest absolute Gasteiger partial charge is 0.489 e. The summed E-state index contributed by atoms with van der Waals surface area (Å²) in [5.41, 5.74) is 6.12. The third-order valence-corrected chi connectivity index (χ3v) is 4.90. The van der Waals surface area contributed by atoms with E-state index in [1.165, 1.54) is 43.3 Å². The number of nitrogens with two attached hydrogens (primary N) is 1. The summed E-state index contributed by atoms with van der Waals surface area (Å²) in [6.45, 7) is 3.08. The molecule has 0 radical (unpaired) electrons. The van der Waals surface area contributed by atoms with Crippen LogP contribution >= 0.6 is 0 Å². The molecule has 10 heteroatoms. The summed E-state index contributed by atoms with van der Waals surface area (Å²) in [6.07, 6.45) is 0. The molecule has 170 valence electrons. The van der Waals surface area contributed by atoms with Crippen LogP contribution in [0.15, 0.2) is 65.3 Å². The normalized spacial score (nSPS) is 15.5. The van der Waals surface area contributed by atoms with Gasteiger partial charge in [0.15, 0.2) is 0 Å². The summed E-state index contributed by atoms with van der Waals surface area (Å²) < 4.78 is 29.9. The fourth-order valence-electron chi connectivity index (χ4n) is 3.46. The van der Waals surface area contributed by atoms with Crippen LogP contribution in [0, 0.1) is 27.3 Å². The Hall–Kier alpha value is -4.39. The van der Waals surface area contributed by atoms with Crippen molar-refractivity contribution < 1.29 is 28.3 Å². The molecular formula is C23H20FN3O6. The van der Waals surface area contributed by atoms with Gasteiger partial charge in [-0.3, -0.25) is 10.1 Å². The van der Waals surface area contributed by atoms with Crippen molar-refractivity contribution in [3.05, 3.63) is 92.3 Å². The Morgan fingerprint density at radius 3 is 2.73 bits per heavy atom. The second kappa shape index (κ2) is 9.82. The van der Waals surface area contributed by atoms with Crippen molar-refractivity contribution in [2.45, 2.75) is 26.4 Å². The molecule has 0 spiro atoms. The summed E-state index contributed by atoms with van der Waals surface area (Å²) in [5.74, 6) is -2.34. The number of carbonyl (C=O) groups is 1. The lowest BCUT2D eigenvalue weighted by Gasteiger charge is -2.28. The van der Waals surface area contributed by atoms with Crippen molar-refractivity contribution >= 4 is 11.7 Å². The Kier molecular flexibility index (Phi) is 6.93. The van der Waals surface area contributed by atoms with Gasteiger partial charge in [0.2, 0.25) is 5.88 Å². The Labute approximate surface area is 188 Å². The Bertz CT molecular complexity index is 1210. The predicted molar refractivity (Wildman–Crippen MR) is 114 cm³/mol.